The second-order valence-corrected chi connectivity index (χ2v) is 3.71. The van der Waals surface area contributed by atoms with Gasteiger partial charge in [0.1, 0.15) is 6.10 Å². The number of ether oxygens (including phenoxy) is 3. The van der Waals surface area contributed by atoms with E-state index in [1.165, 1.54) is 13.8 Å². The lowest BCUT2D eigenvalue weighted by Gasteiger charge is -2.22. The first kappa shape index (κ1) is 12.7. The van der Waals surface area contributed by atoms with Gasteiger partial charge < -0.3 is 14.2 Å². The van der Waals surface area contributed by atoms with Crippen LogP contribution in [0.2, 0.25) is 0 Å². The van der Waals surface area contributed by atoms with Gasteiger partial charge in [0, 0.05) is 19.1 Å². The molecule has 1 saturated heterocycles. The fraction of sp³-hybridized carbons (Fsp3) is 0.636. The van der Waals surface area contributed by atoms with Crippen LogP contribution in [0.15, 0.2) is 12.2 Å². The highest BCUT2D eigenvalue weighted by molar-refractivity contribution is 5.87. The first-order chi connectivity index (χ1) is 7.50. The summed E-state index contributed by atoms with van der Waals surface area (Å²) in [6, 6.07) is 0. The Labute approximate surface area is 94.4 Å². The van der Waals surface area contributed by atoms with E-state index in [-0.39, 0.29) is 11.7 Å². The van der Waals surface area contributed by atoms with Crippen LogP contribution in [-0.4, -0.2) is 30.9 Å². The molecule has 0 saturated carbocycles. The van der Waals surface area contributed by atoms with Crippen molar-refractivity contribution in [2.45, 2.75) is 39.1 Å². The van der Waals surface area contributed by atoms with Crippen LogP contribution in [0.1, 0.15) is 26.7 Å². The number of hydrogen-bond donors (Lipinski definition) is 0. The first-order valence-corrected chi connectivity index (χ1v) is 5.16. The highest BCUT2D eigenvalue weighted by atomic mass is 16.7. The van der Waals surface area contributed by atoms with E-state index in [1.54, 1.807) is 0 Å². The van der Waals surface area contributed by atoms with E-state index in [2.05, 4.69) is 6.58 Å². The number of rotatable bonds is 4. The molecule has 5 heteroatoms. The molecule has 0 aliphatic carbocycles. The Morgan fingerprint density at radius 3 is 2.50 bits per heavy atom. The maximum atomic E-state index is 11.3. The van der Waals surface area contributed by atoms with E-state index in [9.17, 15) is 9.59 Å². The highest BCUT2D eigenvalue weighted by Gasteiger charge is 2.31. The average molecular weight is 228 g/mol. The van der Waals surface area contributed by atoms with Crippen LogP contribution in [0.5, 0.6) is 0 Å². The van der Waals surface area contributed by atoms with E-state index < -0.39 is 18.2 Å². The topological polar surface area (TPSA) is 61.8 Å². The molecule has 0 spiro atoms. The van der Waals surface area contributed by atoms with E-state index in [4.69, 9.17) is 14.2 Å². The maximum absolute atomic E-state index is 11.3. The van der Waals surface area contributed by atoms with Crippen LogP contribution in [0.25, 0.3) is 0 Å². The van der Waals surface area contributed by atoms with Gasteiger partial charge in [0.25, 0.3) is 6.29 Å². The van der Waals surface area contributed by atoms with Crippen molar-refractivity contribution < 1.29 is 23.8 Å². The number of hydrogen-bond acceptors (Lipinski definition) is 5. The monoisotopic (exact) mass is 228 g/mol. The summed E-state index contributed by atoms with van der Waals surface area (Å²) in [5.41, 5.74) is 0.259. The molecule has 2 unspecified atom stereocenters. The van der Waals surface area contributed by atoms with E-state index >= 15 is 0 Å². The third-order valence-corrected chi connectivity index (χ3v) is 2.12. The molecule has 0 amide bonds. The van der Waals surface area contributed by atoms with Gasteiger partial charge in [0.15, 0.2) is 0 Å². The molecule has 1 heterocycles. The lowest BCUT2D eigenvalue weighted by Crippen LogP contribution is -2.35. The number of carbonyl (C=O) groups is 2. The van der Waals surface area contributed by atoms with Gasteiger partial charge in [-0.1, -0.05) is 6.58 Å². The summed E-state index contributed by atoms with van der Waals surface area (Å²) in [5, 5.41) is 0. The molecule has 0 N–H and O–H groups in total. The molecule has 2 atom stereocenters. The summed E-state index contributed by atoms with van der Waals surface area (Å²) in [5.74, 6) is -1.09. The Hall–Kier alpha value is -1.36. The van der Waals surface area contributed by atoms with Crippen molar-refractivity contribution in [2.75, 3.05) is 6.61 Å². The molecule has 0 aromatic heterocycles. The largest absolute Gasteiger partial charge is 0.422 e. The van der Waals surface area contributed by atoms with Gasteiger partial charge in [0.05, 0.1) is 0 Å². The van der Waals surface area contributed by atoms with Crippen molar-refractivity contribution in [3.05, 3.63) is 12.2 Å². The quantitative estimate of drug-likeness (QED) is 0.410. The summed E-state index contributed by atoms with van der Waals surface area (Å²) >= 11 is 0. The summed E-state index contributed by atoms with van der Waals surface area (Å²) in [6.45, 7) is 6.84. The van der Waals surface area contributed by atoms with E-state index in [0.29, 0.717) is 13.0 Å². The summed E-state index contributed by atoms with van der Waals surface area (Å²) in [4.78, 5) is 22.2. The Kier molecular flexibility index (Phi) is 4.49. The molecule has 1 aliphatic rings. The minimum absolute atomic E-state index is 0.259. The van der Waals surface area contributed by atoms with Crippen molar-refractivity contribution >= 4 is 11.9 Å². The van der Waals surface area contributed by atoms with E-state index in [1.807, 2.05) is 0 Å². The Balaban J connectivity index is 2.59. The van der Waals surface area contributed by atoms with Gasteiger partial charge in [-0.2, -0.15) is 0 Å². The lowest BCUT2D eigenvalue weighted by atomic mass is 10.2. The van der Waals surface area contributed by atoms with Crippen molar-refractivity contribution in [2.24, 2.45) is 0 Å². The van der Waals surface area contributed by atoms with Gasteiger partial charge >= 0.3 is 11.9 Å². The van der Waals surface area contributed by atoms with Crippen molar-refractivity contribution in [3.63, 3.8) is 0 Å². The predicted molar refractivity (Wildman–Crippen MR) is 55.4 cm³/mol. The van der Waals surface area contributed by atoms with Gasteiger partial charge in [-0.3, -0.25) is 4.79 Å². The Bertz CT molecular complexity index is 291. The van der Waals surface area contributed by atoms with Crippen LogP contribution >= 0.6 is 0 Å². The predicted octanol–water partition coefficient (Wildman–Crippen LogP) is 1.17. The molecule has 0 radical (unpaired) electrons. The second-order valence-electron chi connectivity index (χ2n) is 3.71. The Morgan fingerprint density at radius 1 is 1.38 bits per heavy atom. The minimum Gasteiger partial charge on any atom is -0.422 e. The molecule has 1 fully saturated rings. The molecule has 0 bridgehead atoms. The molecular weight excluding hydrogens is 212 g/mol. The molecular formula is C11H16O5. The third-order valence-electron chi connectivity index (χ3n) is 2.12. The Morgan fingerprint density at radius 2 is 2.06 bits per heavy atom. The number of carbonyl (C=O) groups excluding carboxylic acids is 2. The van der Waals surface area contributed by atoms with Crippen molar-refractivity contribution in [1.29, 1.82) is 0 Å². The van der Waals surface area contributed by atoms with Gasteiger partial charge in [-0.25, -0.2) is 4.79 Å². The average Bonchev–Trinajstić information content (AvgIpc) is 2.68. The highest BCUT2D eigenvalue weighted by Crippen LogP contribution is 2.19. The molecule has 0 aromatic rings. The van der Waals surface area contributed by atoms with E-state index in [0.717, 1.165) is 6.42 Å². The van der Waals surface area contributed by atoms with Crippen LogP contribution in [-0.2, 0) is 23.8 Å². The molecule has 1 aliphatic heterocycles. The number of esters is 2. The zero-order chi connectivity index (χ0) is 12.1. The van der Waals surface area contributed by atoms with Gasteiger partial charge in [-0.15, -0.1) is 0 Å². The molecule has 90 valence electrons. The first-order valence-electron chi connectivity index (χ1n) is 5.16. The standard InChI is InChI=1S/C11H16O5/c1-7(2)10(13)16-11(15-8(3)12)9-5-4-6-14-9/h9,11H,1,4-6H2,2-3H3. The molecule has 16 heavy (non-hydrogen) atoms. The zero-order valence-corrected chi connectivity index (χ0v) is 9.52. The maximum Gasteiger partial charge on any atom is 0.336 e. The van der Waals surface area contributed by atoms with Crippen LogP contribution in [0.3, 0.4) is 0 Å². The lowest BCUT2D eigenvalue weighted by molar-refractivity contribution is -0.203. The molecule has 0 aromatic carbocycles. The third kappa shape index (κ3) is 3.66. The summed E-state index contributed by atoms with van der Waals surface area (Å²) in [7, 11) is 0. The smallest absolute Gasteiger partial charge is 0.336 e. The van der Waals surface area contributed by atoms with Crippen molar-refractivity contribution in [3.8, 4) is 0 Å². The van der Waals surface area contributed by atoms with Crippen LogP contribution in [0, 0.1) is 0 Å². The molecule has 5 nitrogen and oxygen atoms in total. The van der Waals surface area contributed by atoms with Crippen molar-refractivity contribution in [1.82, 2.24) is 0 Å². The fourth-order valence-corrected chi connectivity index (χ4v) is 1.36. The van der Waals surface area contributed by atoms with Gasteiger partial charge in [-0.05, 0) is 19.8 Å². The normalized spacial score (nSPS) is 21.2. The van der Waals surface area contributed by atoms with Crippen LogP contribution in [0.4, 0.5) is 0 Å². The molecule has 1 rings (SSSR count). The van der Waals surface area contributed by atoms with Gasteiger partial charge in [0.2, 0.25) is 0 Å². The second kappa shape index (κ2) is 5.65. The van der Waals surface area contributed by atoms with Crippen LogP contribution < -0.4 is 0 Å². The summed E-state index contributed by atoms with van der Waals surface area (Å²) in [6.07, 6.45) is 0.241. The fourth-order valence-electron chi connectivity index (χ4n) is 1.36. The SMILES string of the molecule is C=C(C)C(=O)OC(OC(C)=O)C1CCCO1. The summed E-state index contributed by atoms with van der Waals surface area (Å²) < 4.78 is 15.2. The minimum atomic E-state index is -0.968. The zero-order valence-electron chi connectivity index (χ0n) is 9.52.